The third kappa shape index (κ3) is 6.76. The molecule has 0 heterocycles. The zero-order chi connectivity index (χ0) is 18.3. The Morgan fingerprint density at radius 1 is 1.33 bits per heavy atom. The van der Waals surface area contributed by atoms with Crippen molar-refractivity contribution < 1.29 is 24.2 Å². The number of nitrogens with two attached hydrogens (primary N) is 1. The van der Waals surface area contributed by atoms with E-state index in [0.29, 0.717) is 30.0 Å². The van der Waals surface area contributed by atoms with Gasteiger partial charge in [0, 0.05) is 6.07 Å². The van der Waals surface area contributed by atoms with E-state index in [1.807, 2.05) is 6.92 Å². The van der Waals surface area contributed by atoms with Gasteiger partial charge in [0.25, 0.3) is 0 Å². The molecule has 7 nitrogen and oxygen atoms in total. The molecule has 1 atom stereocenters. The summed E-state index contributed by atoms with van der Waals surface area (Å²) in [6.45, 7) is 7.42. The van der Waals surface area contributed by atoms with E-state index in [1.54, 1.807) is 39.0 Å². The second kappa shape index (κ2) is 8.42. The number of aliphatic carboxylic acids is 1. The first kappa shape index (κ1) is 19.6. The first-order valence-corrected chi connectivity index (χ1v) is 7.87. The molecule has 0 aliphatic rings. The van der Waals surface area contributed by atoms with Crippen molar-refractivity contribution in [3.05, 3.63) is 18.2 Å². The van der Waals surface area contributed by atoms with Crippen molar-refractivity contribution in [3.63, 3.8) is 0 Å². The van der Waals surface area contributed by atoms with Gasteiger partial charge in [0.1, 0.15) is 11.4 Å². The molecule has 7 heteroatoms. The number of carbonyl (C=O) groups excluding carboxylic acids is 1. The van der Waals surface area contributed by atoms with Gasteiger partial charge in [-0.05, 0) is 45.7 Å². The van der Waals surface area contributed by atoms with Crippen molar-refractivity contribution in [1.82, 2.24) is 0 Å². The average Bonchev–Trinajstić information content (AvgIpc) is 2.44. The van der Waals surface area contributed by atoms with Gasteiger partial charge in [-0.25, -0.2) is 4.79 Å². The molecular weight excluding hydrogens is 312 g/mol. The number of ether oxygens (including phenoxy) is 2. The van der Waals surface area contributed by atoms with Crippen LogP contribution in [0.25, 0.3) is 0 Å². The van der Waals surface area contributed by atoms with Gasteiger partial charge in [-0.2, -0.15) is 0 Å². The molecule has 0 saturated carbocycles. The number of carboxylic acids is 1. The molecule has 0 fully saturated rings. The zero-order valence-electron chi connectivity index (χ0n) is 14.6. The third-order valence-electron chi connectivity index (χ3n) is 3.24. The molecule has 1 aromatic rings. The molecule has 134 valence electrons. The molecule has 1 unspecified atom stereocenters. The van der Waals surface area contributed by atoms with Crippen LogP contribution in [-0.2, 0) is 9.53 Å². The van der Waals surface area contributed by atoms with E-state index in [0.717, 1.165) is 0 Å². The van der Waals surface area contributed by atoms with E-state index in [9.17, 15) is 9.59 Å². The maximum Gasteiger partial charge on any atom is 0.412 e. The fraction of sp³-hybridized carbons (Fsp3) is 0.529. The minimum atomic E-state index is -0.822. The highest BCUT2D eigenvalue weighted by Gasteiger charge is 2.17. The fourth-order valence-corrected chi connectivity index (χ4v) is 1.98. The molecule has 1 amide bonds. The number of anilines is 2. The van der Waals surface area contributed by atoms with Gasteiger partial charge >= 0.3 is 12.1 Å². The van der Waals surface area contributed by atoms with E-state index in [1.165, 1.54) is 0 Å². The Hall–Kier alpha value is -2.44. The molecule has 0 aromatic heterocycles. The molecule has 0 saturated heterocycles. The molecule has 0 bridgehead atoms. The van der Waals surface area contributed by atoms with E-state index in [2.05, 4.69) is 5.32 Å². The van der Waals surface area contributed by atoms with Crippen LogP contribution in [-0.4, -0.2) is 29.4 Å². The van der Waals surface area contributed by atoms with Crippen molar-refractivity contribution >= 4 is 23.4 Å². The predicted octanol–water partition coefficient (Wildman–Crippen LogP) is 3.50. The largest absolute Gasteiger partial charge is 0.493 e. The van der Waals surface area contributed by atoms with E-state index < -0.39 is 23.6 Å². The molecule has 0 aliphatic carbocycles. The minimum Gasteiger partial charge on any atom is -0.493 e. The molecule has 1 rings (SSSR count). The predicted molar refractivity (Wildman–Crippen MR) is 92.2 cm³/mol. The van der Waals surface area contributed by atoms with Gasteiger partial charge in [0.05, 0.1) is 23.9 Å². The molecule has 0 spiro atoms. The lowest BCUT2D eigenvalue weighted by atomic mass is 10.0. The van der Waals surface area contributed by atoms with E-state index >= 15 is 0 Å². The lowest BCUT2D eigenvalue weighted by Crippen LogP contribution is -2.27. The summed E-state index contributed by atoms with van der Waals surface area (Å²) in [5, 5.41) is 11.6. The van der Waals surface area contributed by atoms with Crippen LogP contribution in [0.1, 0.15) is 40.5 Å². The molecule has 1 aromatic carbocycles. The number of nitrogens with one attached hydrogen (secondary N) is 1. The van der Waals surface area contributed by atoms with Gasteiger partial charge in [-0.3, -0.25) is 10.1 Å². The quantitative estimate of drug-likeness (QED) is 0.656. The fourth-order valence-electron chi connectivity index (χ4n) is 1.98. The molecule has 24 heavy (non-hydrogen) atoms. The van der Waals surface area contributed by atoms with Gasteiger partial charge in [0.15, 0.2) is 0 Å². The number of nitrogen functional groups attached to an aromatic ring is 1. The van der Waals surface area contributed by atoms with E-state index in [4.69, 9.17) is 20.3 Å². The monoisotopic (exact) mass is 338 g/mol. The summed E-state index contributed by atoms with van der Waals surface area (Å²) in [6, 6.07) is 4.85. The van der Waals surface area contributed by atoms with Gasteiger partial charge < -0.3 is 20.3 Å². The first-order chi connectivity index (χ1) is 11.1. The highest BCUT2D eigenvalue weighted by molar-refractivity contribution is 5.89. The number of carboxylic acid groups (broad SMARTS) is 1. The maximum atomic E-state index is 11.7. The van der Waals surface area contributed by atoms with Gasteiger partial charge in [-0.1, -0.05) is 6.92 Å². The number of hydrogen-bond donors (Lipinski definition) is 3. The summed E-state index contributed by atoms with van der Waals surface area (Å²) in [4.78, 5) is 22.7. The Balaban J connectivity index is 2.58. The smallest absolute Gasteiger partial charge is 0.412 e. The Morgan fingerprint density at radius 2 is 2.00 bits per heavy atom. The Kier molecular flexibility index (Phi) is 6.88. The number of carbonyl (C=O) groups is 2. The van der Waals surface area contributed by atoms with Crippen LogP contribution in [0.15, 0.2) is 18.2 Å². The SMILES string of the molecule is CCC(CCOc1ccc(NC(=O)OC(C)(C)C)c(N)c1)C(=O)O. The molecule has 0 aliphatic heterocycles. The number of benzene rings is 1. The Morgan fingerprint density at radius 3 is 2.50 bits per heavy atom. The van der Waals surface area contributed by atoms with Crippen LogP contribution in [0.5, 0.6) is 5.75 Å². The molecule has 0 radical (unpaired) electrons. The van der Waals surface area contributed by atoms with Crippen LogP contribution in [0.2, 0.25) is 0 Å². The normalized spacial score (nSPS) is 12.3. The van der Waals surface area contributed by atoms with Crippen LogP contribution in [0.3, 0.4) is 0 Å². The number of hydrogen-bond acceptors (Lipinski definition) is 5. The summed E-state index contributed by atoms with van der Waals surface area (Å²) in [5.74, 6) is -0.726. The van der Waals surface area contributed by atoms with Crippen molar-refractivity contribution in [1.29, 1.82) is 0 Å². The minimum absolute atomic E-state index is 0.281. The lowest BCUT2D eigenvalue weighted by Gasteiger charge is -2.20. The highest BCUT2D eigenvalue weighted by atomic mass is 16.6. The standard InChI is InChI=1S/C17H26N2O5/c1-5-11(15(20)21)8-9-23-12-6-7-14(13(18)10-12)19-16(22)24-17(2,3)4/h6-7,10-11H,5,8-9,18H2,1-4H3,(H,19,22)(H,20,21). The highest BCUT2D eigenvalue weighted by Crippen LogP contribution is 2.25. The summed E-state index contributed by atoms with van der Waals surface area (Å²) >= 11 is 0. The number of rotatable bonds is 7. The summed E-state index contributed by atoms with van der Waals surface area (Å²) in [5.41, 5.74) is 6.06. The van der Waals surface area contributed by atoms with Gasteiger partial charge in [-0.15, -0.1) is 0 Å². The van der Waals surface area contributed by atoms with E-state index in [-0.39, 0.29) is 6.61 Å². The summed E-state index contributed by atoms with van der Waals surface area (Å²) < 4.78 is 10.7. The van der Waals surface area contributed by atoms with Crippen LogP contribution >= 0.6 is 0 Å². The number of amides is 1. The van der Waals surface area contributed by atoms with Crippen LogP contribution in [0, 0.1) is 5.92 Å². The lowest BCUT2D eigenvalue weighted by molar-refractivity contribution is -0.142. The summed E-state index contributed by atoms with van der Waals surface area (Å²) in [7, 11) is 0. The zero-order valence-corrected chi connectivity index (χ0v) is 14.6. The van der Waals surface area contributed by atoms with Crippen LogP contribution in [0.4, 0.5) is 16.2 Å². The topological polar surface area (TPSA) is 111 Å². The average molecular weight is 338 g/mol. The van der Waals surface area contributed by atoms with Crippen molar-refractivity contribution in [2.45, 2.75) is 46.1 Å². The molecule has 4 N–H and O–H groups in total. The third-order valence-corrected chi connectivity index (χ3v) is 3.24. The van der Waals surface area contributed by atoms with Gasteiger partial charge in [0.2, 0.25) is 0 Å². The van der Waals surface area contributed by atoms with Crippen molar-refractivity contribution in [2.75, 3.05) is 17.7 Å². The van der Waals surface area contributed by atoms with Crippen molar-refractivity contribution in [2.24, 2.45) is 5.92 Å². The van der Waals surface area contributed by atoms with Crippen LogP contribution < -0.4 is 15.8 Å². The molecular formula is C17H26N2O5. The van der Waals surface area contributed by atoms with Crippen molar-refractivity contribution in [3.8, 4) is 5.75 Å². The second-order valence-corrected chi connectivity index (χ2v) is 6.46. The first-order valence-electron chi connectivity index (χ1n) is 7.87. The maximum absolute atomic E-state index is 11.7. The Bertz CT molecular complexity index is 581. The Labute approximate surface area is 142 Å². The summed E-state index contributed by atoms with van der Waals surface area (Å²) in [6.07, 6.45) is 0.388. The second-order valence-electron chi connectivity index (χ2n) is 6.46.